The molecule has 0 aromatic heterocycles. The highest BCUT2D eigenvalue weighted by atomic mass is 35.5. The summed E-state index contributed by atoms with van der Waals surface area (Å²) >= 11 is 5.90. The SMILES string of the molecule is CC(C)C[C@H](N)C(=O)N1CCN(Cc2ccc(Cl)cc2)CC1.Cl.Cl. The number of rotatable bonds is 5. The van der Waals surface area contributed by atoms with Gasteiger partial charge in [0.25, 0.3) is 0 Å². The third-order valence-electron chi connectivity index (χ3n) is 4.05. The summed E-state index contributed by atoms with van der Waals surface area (Å²) in [5.41, 5.74) is 7.25. The van der Waals surface area contributed by atoms with Crippen LogP contribution >= 0.6 is 36.4 Å². The van der Waals surface area contributed by atoms with E-state index in [0.717, 1.165) is 44.2 Å². The number of nitrogens with two attached hydrogens (primary N) is 1. The summed E-state index contributed by atoms with van der Waals surface area (Å²) in [6, 6.07) is 7.59. The number of hydrogen-bond acceptors (Lipinski definition) is 3. The zero-order valence-electron chi connectivity index (χ0n) is 14.3. The molecular weight excluding hydrogens is 369 g/mol. The molecule has 2 rings (SSSR count). The Morgan fingerprint density at radius 3 is 2.17 bits per heavy atom. The van der Waals surface area contributed by atoms with Gasteiger partial charge in [0, 0.05) is 37.7 Å². The molecule has 1 aromatic rings. The maximum Gasteiger partial charge on any atom is 0.239 e. The first-order valence-electron chi connectivity index (χ1n) is 7.97. The molecule has 1 aliphatic rings. The number of halogens is 3. The van der Waals surface area contributed by atoms with E-state index in [1.54, 1.807) is 0 Å². The summed E-state index contributed by atoms with van der Waals surface area (Å²) in [4.78, 5) is 16.6. The number of hydrogen-bond donors (Lipinski definition) is 1. The molecule has 4 nitrogen and oxygen atoms in total. The Kier molecular flexibility index (Phi) is 10.9. The summed E-state index contributed by atoms with van der Waals surface area (Å²) in [6.07, 6.45) is 0.754. The van der Waals surface area contributed by atoms with Crippen molar-refractivity contribution in [1.29, 1.82) is 0 Å². The van der Waals surface area contributed by atoms with E-state index in [1.165, 1.54) is 5.56 Å². The molecule has 1 fully saturated rings. The molecule has 0 saturated carbocycles. The van der Waals surface area contributed by atoms with Crippen molar-refractivity contribution in [2.45, 2.75) is 32.9 Å². The lowest BCUT2D eigenvalue weighted by Gasteiger charge is -2.36. The zero-order valence-corrected chi connectivity index (χ0v) is 16.7. The molecule has 0 bridgehead atoms. The molecule has 1 aliphatic heterocycles. The molecule has 0 radical (unpaired) electrons. The van der Waals surface area contributed by atoms with Gasteiger partial charge in [-0.3, -0.25) is 9.69 Å². The van der Waals surface area contributed by atoms with Gasteiger partial charge in [-0.2, -0.15) is 0 Å². The van der Waals surface area contributed by atoms with Crippen molar-refractivity contribution in [3.8, 4) is 0 Å². The van der Waals surface area contributed by atoms with Crippen molar-refractivity contribution in [3.63, 3.8) is 0 Å². The number of carbonyl (C=O) groups excluding carboxylic acids is 1. The molecule has 1 atom stereocenters. The average Bonchev–Trinajstić information content (AvgIpc) is 2.49. The van der Waals surface area contributed by atoms with Gasteiger partial charge >= 0.3 is 0 Å². The van der Waals surface area contributed by atoms with Crippen LogP contribution in [0.5, 0.6) is 0 Å². The highest BCUT2D eigenvalue weighted by molar-refractivity contribution is 6.30. The first-order valence-corrected chi connectivity index (χ1v) is 8.34. The molecule has 24 heavy (non-hydrogen) atoms. The third-order valence-corrected chi connectivity index (χ3v) is 4.30. The van der Waals surface area contributed by atoms with Crippen LogP contribution in [0.1, 0.15) is 25.8 Å². The zero-order chi connectivity index (χ0) is 16.1. The second kappa shape index (κ2) is 11.2. The largest absolute Gasteiger partial charge is 0.339 e. The number of piperazine rings is 1. The Hall–Kier alpha value is -0.520. The van der Waals surface area contributed by atoms with Crippen LogP contribution in [-0.4, -0.2) is 47.9 Å². The molecule has 0 spiro atoms. The van der Waals surface area contributed by atoms with Crippen molar-refractivity contribution >= 4 is 42.3 Å². The molecular formula is C17H28Cl3N3O. The lowest BCUT2D eigenvalue weighted by molar-refractivity contribution is -0.134. The predicted octanol–water partition coefficient (Wildman–Crippen LogP) is 3.20. The standard InChI is InChI=1S/C17H26ClN3O.2ClH/c1-13(2)11-16(19)17(22)21-9-7-20(8-10-21)12-14-3-5-15(18)6-4-14;;/h3-6,13,16H,7-12,19H2,1-2H3;2*1H/t16-;;/m0../s1. The first-order chi connectivity index (χ1) is 10.5. The van der Waals surface area contributed by atoms with Gasteiger partial charge in [-0.25, -0.2) is 0 Å². The highest BCUT2D eigenvalue weighted by Crippen LogP contribution is 2.14. The van der Waals surface area contributed by atoms with Crippen molar-refractivity contribution in [3.05, 3.63) is 34.9 Å². The second-order valence-corrected chi connectivity index (χ2v) is 6.90. The van der Waals surface area contributed by atoms with E-state index in [9.17, 15) is 4.79 Å². The number of carbonyl (C=O) groups is 1. The van der Waals surface area contributed by atoms with Crippen LogP contribution in [0, 0.1) is 5.92 Å². The number of amides is 1. The Morgan fingerprint density at radius 2 is 1.67 bits per heavy atom. The summed E-state index contributed by atoms with van der Waals surface area (Å²) in [7, 11) is 0. The van der Waals surface area contributed by atoms with Crippen LogP contribution in [0.4, 0.5) is 0 Å². The normalized spacial score (nSPS) is 16.3. The van der Waals surface area contributed by atoms with Gasteiger partial charge in [0.15, 0.2) is 0 Å². The van der Waals surface area contributed by atoms with Gasteiger partial charge in [-0.15, -0.1) is 24.8 Å². The van der Waals surface area contributed by atoms with Crippen LogP contribution in [0.3, 0.4) is 0 Å². The molecule has 7 heteroatoms. The fourth-order valence-corrected chi connectivity index (χ4v) is 2.94. The predicted molar refractivity (Wildman–Crippen MR) is 105 cm³/mol. The van der Waals surface area contributed by atoms with Gasteiger partial charge in [-0.1, -0.05) is 37.6 Å². The first kappa shape index (κ1) is 23.5. The van der Waals surface area contributed by atoms with Gasteiger partial charge in [0.2, 0.25) is 5.91 Å². The van der Waals surface area contributed by atoms with Crippen molar-refractivity contribution in [1.82, 2.24) is 9.80 Å². The minimum absolute atomic E-state index is 0. The molecule has 1 saturated heterocycles. The van der Waals surface area contributed by atoms with Crippen LogP contribution in [-0.2, 0) is 11.3 Å². The molecule has 0 aliphatic carbocycles. The van der Waals surface area contributed by atoms with Crippen molar-refractivity contribution < 1.29 is 4.79 Å². The maximum atomic E-state index is 12.3. The van der Waals surface area contributed by atoms with Crippen LogP contribution in [0.25, 0.3) is 0 Å². The average molecular weight is 397 g/mol. The Bertz CT molecular complexity index is 488. The summed E-state index contributed by atoms with van der Waals surface area (Å²) in [5.74, 6) is 0.546. The Labute approximate surface area is 162 Å². The molecule has 0 unspecified atom stereocenters. The molecule has 2 N–H and O–H groups in total. The van der Waals surface area contributed by atoms with E-state index < -0.39 is 0 Å². The maximum absolute atomic E-state index is 12.3. The van der Waals surface area contributed by atoms with Crippen LogP contribution < -0.4 is 5.73 Å². The summed E-state index contributed by atoms with van der Waals surface area (Å²) in [6.45, 7) is 8.40. The van der Waals surface area contributed by atoms with Crippen molar-refractivity contribution in [2.24, 2.45) is 11.7 Å². The summed E-state index contributed by atoms with van der Waals surface area (Å²) in [5, 5.41) is 0.762. The van der Waals surface area contributed by atoms with E-state index in [4.69, 9.17) is 17.3 Å². The summed E-state index contributed by atoms with van der Waals surface area (Å²) < 4.78 is 0. The van der Waals surface area contributed by atoms with E-state index >= 15 is 0 Å². The quantitative estimate of drug-likeness (QED) is 0.831. The Balaban J connectivity index is 0.00000264. The smallest absolute Gasteiger partial charge is 0.239 e. The van der Waals surface area contributed by atoms with E-state index in [1.807, 2.05) is 17.0 Å². The monoisotopic (exact) mass is 395 g/mol. The highest BCUT2D eigenvalue weighted by Gasteiger charge is 2.25. The van der Waals surface area contributed by atoms with Gasteiger partial charge in [-0.05, 0) is 30.0 Å². The van der Waals surface area contributed by atoms with Gasteiger partial charge < -0.3 is 10.6 Å². The Morgan fingerprint density at radius 1 is 1.12 bits per heavy atom. The van der Waals surface area contributed by atoms with E-state index in [0.29, 0.717) is 5.92 Å². The lowest BCUT2D eigenvalue weighted by Crippen LogP contribution is -2.53. The fourth-order valence-electron chi connectivity index (χ4n) is 2.82. The molecule has 1 amide bonds. The fraction of sp³-hybridized carbons (Fsp3) is 0.588. The van der Waals surface area contributed by atoms with Gasteiger partial charge in [0.05, 0.1) is 6.04 Å². The topological polar surface area (TPSA) is 49.6 Å². The minimum Gasteiger partial charge on any atom is -0.339 e. The molecule has 138 valence electrons. The van der Waals surface area contributed by atoms with E-state index in [-0.39, 0.29) is 36.8 Å². The molecule has 1 aromatic carbocycles. The number of benzene rings is 1. The molecule has 1 heterocycles. The second-order valence-electron chi connectivity index (χ2n) is 6.46. The van der Waals surface area contributed by atoms with Crippen LogP contribution in [0.2, 0.25) is 5.02 Å². The van der Waals surface area contributed by atoms with Crippen molar-refractivity contribution in [2.75, 3.05) is 26.2 Å². The van der Waals surface area contributed by atoms with Crippen LogP contribution in [0.15, 0.2) is 24.3 Å². The lowest BCUT2D eigenvalue weighted by atomic mass is 10.0. The van der Waals surface area contributed by atoms with E-state index in [2.05, 4.69) is 30.9 Å². The van der Waals surface area contributed by atoms with Gasteiger partial charge in [0.1, 0.15) is 0 Å². The number of nitrogens with zero attached hydrogens (tertiary/aromatic N) is 2. The third kappa shape index (κ3) is 7.16. The minimum atomic E-state index is -0.359.